The van der Waals surface area contributed by atoms with Crippen LogP contribution in [0.2, 0.25) is 0 Å². The van der Waals surface area contributed by atoms with Crippen LogP contribution in [0.5, 0.6) is 0 Å². The molecule has 3 nitrogen and oxygen atoms in total. The van der Waals surface area contributed by atoms with E-state index >= 15 is 0 Å². The Bertz CT molecular complexity index is 208. The first-order valence-electron chi connectivity index (χ1n) is 7.05. The quantitative estimate of drug-likeness (QED) is 0.721. The van der Waals surface area contributed by atoms with Crippen molar-refractivity contribution in [3.8, 4) is 0 Å². The zero-order valence-corrected chi connectivity index (χ0v) is 12.2. The largest absolute Gasteiger partial charge is 0.380 e. The topological polar surface area (TPSA) is 24.5 Å². The average Bonchev–Trinajstić information content (AvgIpc) is 2.29. The molecule has 0 spiro atoms. The van der Waals surface area contributed by atoms with Crippen molar-refractivity contribution in [3.05, 3.63) is 0 Å². The minimum atomic E-state index is 0.640. The van der Waals surface area contributed by atoms with Gasteiger partial charge in [-0.05, 0) is 32.2 Å². The Labute approximate surface area is 107 Å². The van der Waals surface area contributed by atoms with Crippen LogP contribution in [0, 0.1) is 11.8 Å². The average molecular weight is 242 g/mol. The first kappa shape index (κ1) is 14.9. The summed E-state index contributed by atoms with van der Waals surface area (Å²) in [7, 11) is 2.08. The Kier molecular flexibility index (Phi) is 6.45. The summed E-state index contributed by atoms with van der Waals surface area (Å²) in [5.41, 5.74) is 0. The molecule has 1 fully saturated rings. The third kappa shape index (κ3) is 4.57. The Hall–Kier alpha value is -0.120. The van der Waals surface area contributed by atoms with E-state index in [9.17, 15) is 0 Å². The molecule has 0 aromatic heterocycles. The van der Waals surface area contributed by atoms with E-state index in [1.165, 1.54) is 13.0 Å². The summed E-state index contributed by atoms with van der Waals surface area (Å²) >= 11 is 0. The van der Waals surface area contributed by atoms with Crippen molar-refractivity contribution < 1.29 is 4.74 Å². The fourth-order valence-electron chi connectivity index (χ4n) is 2.66. The lowest BCUT2D eigenvalue weighted by atomic mass is 9.87. The highest BCUT2D eigenvalue weighted by Gasteiger charge is 2.30. The van der Waals surface area contributed by atoms with Crippen molar-refractivity contribution in [2.24, 2.45) is 11.8 Å². The molecule has 1 N–H and O–H groups in total. The first-order chi connectivity index (χ1) is 8.06. The van der Waals surface area contributed by atoms with Crippen LogP contribution in [0.3, 0.4) is 0 Å². The smallest absolute Gasteiger partial charge is 0.0593 e. The highest BCUT2D eigenvalue weighted by Crippen LogP contribution is 2.22. The van der Waals surface area contributed by atoms with E-state index in [-0.39, 0.29) is 0 Å². The number of hydrogen-bond acceptors (Lipinski definition) is 3. The standard InChI is InChI=1S/C14H30N2O/c1-11(2)10-17-9-8-16-7-6-14(15-5)12(3)13(16)4/h11-15H,6-10H2,1-5H3. The Morgan fingerprint density at radius 3 is 2.65 bits per heavy atom. The number of likely N-dealkylation sites (tertiary alicyclic amines) is 1. The van der Waals surface area contributed by atoms with Crippen LogP contribution in [-0.4, -0.2) is 50.3 Å². The molecular formula is C14H30N2O. The fraction of sp³-hybridized carbons (Fsp3) is 1.00. The number of piperidine rings is 1. The molecule has 17 heavy (non-hydrogen) atoms. The van der Waals surface area contributed by atoms with Gasteiger partial charge in [-0.1, -0.05) is 20.8 Å². The van der Waals surface area contributed by atoms with Crippen molar-refractivity contribution in [2.75, 3.05) is 33.4 Å². The second-order valence-corrected chi connectivity index (χ2v) is 5.79. The van der Waals surface area contributed by atoms with Crippen LogP contribution in [-0.2, 0) is 4.74 Å². The molecule has 1 rings (SSSR count). The Balaban J connectivity index is 2.26. The zero-order chi connectivity index (χ0) is 12.8. The fourth-order valence-corrected chi connectivity index (χ4v) is 2.66. The lowest BCUT2D eigenvalue weighted by Gasteiger charge is -2.42. The summed E-state index contributed by atoms with van der Waals surface area (Å²) in [6.45, 7) is 13.1. The van der Waals surface area contributed by atoms with Gasteiger partial charge in [0.1, 0.15) is 0 Å². The second-order valence-electron chi connectivity index (χ2n) is 5.79. The van der Waals surface area contributed by atoms with Crippen molar-refractivity contribution in [2.45, 2.75) is 46.2 Å². The van der Waals surface area contributed by atoms with Gasteiger partial charge >= 0.3 is 0 Å². The number of ether oxygens (including phenoxy) is 1. The zero-order valence-electron chi connectivity index (χ0n) is 12.2. The van der Waals surface area contributed by atoms with Gasteiger partial charge in [-0.25, -0.2) is 0 Å². The van der Waals surface area contributed by atoms with E-state index in [2.05, 4.69) is 45.0 Å². The van der Waals surface area contributed by atoms with E-state index in [4.69, 9.17) is 4.74 Å². The highest BCUT2D eigenvalue weighted by atomic mass is 16.5. The molecular weight excluding hydrogens is 212 g/mol. The number of nitrogens with zero attached hydrogens (tertiary/aromatic N) is 1. The molecule has 1 aliphatic rings. The van der Waals surface area contributed by atoms with Gasteiger partial charge in [0, 0.05) is 31.8 Å². The van der Waals surface area contributed by atoms with Crippen LogP contribution in [0.1, 0.15) is 34.1 Å². The molecule has 1 aliphatic heterocycles. The van der Waals surface area contributed by atoms with Gasteiger partial charge in [-0.3, -0.25) is 4.90 Å². The van der Waals surface area contributed by atoms with Crippen LogP contribution >= 0.6 is 0 Å². The normalized spacial score (nSPS) is 31.1. The lowest BCUT2D eigenvalue weighted by molar-refractivity contribution is 0.0388. The van der Waals surface area contributed by atoms with Gasteiger partial charge in [-0.2, -0.15) is 0 Å². The molecule has 0 saturated carbocycles. The third-order valence-electron chi connectivity index (χ3n) is 4.04. The monoisotopic (exact) mass is 242 g/mol. The molecule has 0 bridgehead atoms. The maximum Gasteiger partial charge on any atom is 0.0593 e. The number of hydrogen-bond donors (Lipinski definition) is 1. The summed E-state index contributed by atoms with van der Waals surface area (Å²) in [6.07, 6.45) is 1.26. The summed E-state index contributed by atoms with van der Waals surface area (Å²) in [6, 6.07) is 1.33. The second kappa shape index (κ2) is 7.34. The van der Waals surface area contributed by atoms with E-state index in [1.54, 1.807) is 0 Å². The van der Waals surface area contributed by atoms with Gasteiger partial charge in [0.05, 0.1) is 6.61 Å². The number of rotatable bonds is 6. The Morgan fingerprint density at radius 2 is 2.06 bits per heavy atom. The maximum absolute atomic E-state index is 5.68. The van der Waals surface area contributed by atoms with E-state index < -0.39 is 0 Å². The predicted octanol–water partition coefficient (Wildman–Crippen LogP) is 1.98. The van der Waals surface area contributed by atoms with Crippen molar-refractivity contribution >= 4 is 0 Å². The molecule has 1 saturated heterocycles. The van der Waals surface area contributed by atoms with E-state index in [0.29, 0.717) is 18.0 Å². The molecule has 0 aromatic rings. The Morgan fingerprint density at radius 1 is 1.35 bits per heavy atom. The molecule has 3 atom stereocenters. The highest BCUT2D eigenvalue weighted by molar-refractivity contribution is 4.87. The predicted molar refractivity (Wildman–Crippen MR) is 73.3 cm³/mol. The summed E-state index contributed by atoms with van der Waals surface area (Å²) < 4.78 is 5.68. The third-order valence-corrected chi connectivity index (χ3v) is 4.04. The number of nitrogens with one attached hydrogen (secondary N) is 1. The molecule has 3 unspecified atom stereocenters. The van der Waals surface area contributed by atoms with Crippen LogP contribution < -0.4 is 5.32 Å². The summed E-state index contributed by atoms with van der Waals surface area (Å²) in [5.74, 6) is 1.36. The van der Waals surface area contributed by atoms with Gasteiger partial charge in [0.2, 0.25) is 0 Å². The van der Waals surface area contributed by atoms with Crippen LogP contribution in [0.4, 0.5) is 0 Å². The minimum absolute atomic E-state index is 0.640. The van der Waals surface area contributed by atoms with Crippen molar-refractivity contribution in [1.82, 2.24) is 10.2 Å². The molecule has 3 heteroatoms. The molecule has 1 heterocycles. The van der Waals surface area contributed by atoms with Crippen LogP contribution in [0.25, 0.3) is 0 Å². The van der Waals surface area contributed by atoms with Gasteiger partial charge in [0.15, 0.2) is 0 Å². The van der Waals surface area contributed by atoms with Gasteiger partial charge in [0.25, 0.3) is 0 Å². The molecule has 102 valence electrons. The molecule has 0 aromatic carbocycles. The molecule has 0 radical (unpaired) electrons. The summed E-state index contributed by atoms with van der Waals surface area (Å²) in [4.78, 5) is 2.57. The van der Waals surface area contributed by atoms with Crippen LogP contribution in [0.15, 0.2) is 0 Å². The first-order valence-corrected chi connectivity index (χ1v) is 7.05. The van der Waals surface area contributed by atoms with Crippen molar-refractivity contribution in [3.63, 3.8) is 0 Å². The minimum Gasteiger partial charge on any atom is -0.380 e. The van der Waals surface area contributed by atoms with E-state index in [1.807, 2.05) is 0 Å². The summed E-state index contributed by atoms with van der Waals surface area (Å²) in [5, 5.41) is 3.43. The molecule has 0 amide bonds. The van der Waals surface area contributed by atoms with Gasteiger partial charge in [-0.15, -0.1) is 0 Å². The van der Waals surface area contributed by atoms with E-state index in [0.717, 1.165) is 25.7 Å². The SMILES string of the molecule is CNC1CCN(CCOCC(C)C)C(C)C1C. The van der Waals surface area contributed by atoms with Gasteiger partial charge < -0.3 is 10.1 Å². The lowest BCUT2D eigenvalue weighted by Crippen LogP contribution is -2.53. The van der Waals surface area contributed by atoms with Crippen molar-refractivity contribution in [1.29, 1.82) is 0 Å². The maximum atomic E-state index is 5.68. The molecule has 0 aliphatic carbocycles.